The highest BCUT2D eigenvalue weighted by atomic mass is 16.5. The number of H-pyrrole nitrogens is 1. The predicted octanol–water partition coefficient (Wildman–Crippen LogP) is 2.93. The highest BCUT2D eigenvalue weighted by molar-refractivity contribution is 5.80. The molecule has 2 aliphatic heterocycles. The number of aliphatic hydroxyl groups excluding tert-OH is 1. The van der Waals surface area contributed by atoms with E-state index >= 15 is 0 Å². The molecule has 176 valence electrons. The molecule has 0 radical (unpaired) electrons. The number of piperidine rings is 1. The summed E-state index contributed by atoms with van der Waals surface area (Å²) in [7, 11) is 1.70. The van der Waals surface area contributed by atoms with Crippen LogP contribution in [0.4, 0.5) is 5.69 Å². The Hall–Kier alpha value is -2.61. The Balaban J connectivity index is 1.05. The van der Waals surface area contributed by atoms with Crippen molar-refractivity contribution in [3.63, 3.8) is 0 Å². The van der Waals surface area contributed by atoms with Gasteiger partial charge in [-0.2, -0.15) is 0 Å². The lowest BCUT2D eigenvalue weighted by atomic mass is 9.89. The lowest BCUT2D eigenvalue weighted by molar-refractivity contribution is 0.0629. The Bertz CT molecular complexity index is 1020. The molecule has 0 saturated carbocycles. The third kappa shape index (κ3) is 5.16. The van der Waals surface area contributed by atoms with Gasteiger partial charge in [-0.15, -0.1) is 0 Å². The van der Waals surface area contributed by atoms with Gasteiger partial charge in [-0.25, -0.2) is 4.98 Å². The summed E-state index contributed by atoms with van der Waals surface area (Å²) in [4.78, 5) is 15.0. The lowest BCUT2D eigenvalue weighted by Gasteiger charge is -2.38. The van der Waals surface area contributed by atoms with E-state index in [-0.39, 0.29) is 6.10 Å². The van der Waals surface area contributed by atoms with E-state index in [2.05, 4.69) is 49.1 Å². The molecule has 5 rings (SSSR count). The summed E-state index contributed by atoms with van der Waals surface area (Å²) in [5, 5.41) is 12.0. The van der Waals surface area contributed by atoms with Crippen LogP contribution in [0.25, 0.3) is 11.0 Å². The Morgan fingerprint density at radius 1 is 1.00 bits per heavy atom. The largest absolute Gasteiger partial charge is 0.497 e. The molecule has 0 amide bonds. The van der Waals surface area contributed by atoms with Crippen LogP contribution in [0.2, 0.25) is 0 Å². The van der Waals surface area contributed by atoms with Gasteiger partial charge in [0.25, 0.3) is 0 Å². The van der Waals surface area contributed by atoms with Crippen molar-refractivity contribution in [1.82, 2.24) is 19.8 Å². The number of rotatable bonds is 7. The summed E-state index contributed by atoms with van der Waals surface area (Å²) in [5.74, 6) is 1.46. The second-order valence-electron chi connectivity index (χ2n) is 9.36. The number of hydrogen-bond acceptors (Lipinski definition) is 6. The fraction of sp³-hybridized carbons (Fsp3) is 0.500. The average molecular weight is 450 g/mol. The SMILES string of the molecule is COc1ccc(N2CCN(C[C@H](O)CN3CCC(c4c[nH]c5ncccc45)CC3)CC2)cc1. The number of methoxy groups -OCH3 is 1. The number of fused-ring (bicyclic) bond motifs is 1. The summed E-state index contributed by atoms with van der Waals surface area (Å²) in [6.07, 6.45) is 5.94. The molecule has 0 spiro atoms. The maximum atomic E-state index is 10.8. The zero-order valence-electron chi connectivity index (χ0n) is 19.5. The van der Waals surface area contributed by atoms with Gasteiger partial charge in [-0.05, 0) is 73.8 Å². The Kier molecular flexibility index (Phi) is 6.80. The summed E-state index contributed by atoms with van der Waals surface area (Å²) in [5.41, 5.74) is 3.62. The normalized spacial score (nSPS) is 19.8. The molecule has 3 aromatic rings. The minimum Gasteiger partial charge on any atom is -0.497 e. The van der Waals surface area contributed by atoms with Crippen LogP contribution in [0.3, 0.4) is 0 Å². The van der Waals surface area contributed by atoms with Gasteiger partial charge in [0.2, 0.25) is 0 Å². The van der Waals surface area contributed by atoms with Gasteiger partial charge in [0.1, 0.15) is 11.4 Å². The number of nitrogens with zero attached hydrogens (tertiary/aromatic N) is 4. The molecule has 33 heavy (non-hydrogen) atoms. The van der Waals surface area contributed by atoms with Crippen LogP contribution in [0.1, 0.15) is 24.3 Å². The first-order valence-electron chi connectivity index (χ1n) is 12.1. The molecular weight excluding hydrogens is 414 g/mol. The Labute approximate surface area is 196 Å². The first-order valence-corrected chi connectivity index (χ1v) is 12.1. The molecule has 2 N–H and O–H groups in total. The predicted molar refractivity (Wildman–Crippen MR) is 132 cm³/mol. The van der Waals surface area contributed by atoms with Crippen LogP contribution >= 0.6 is 0 Å². The first kappa shape index (κ1) is 22.2. The van der Waals surface area contributed by atoms with Crippen molar-refractivity contribution in [3.05, 3.63) is 54.4 Å². The summed E-state index contributed by atoms with van der Waals surface area (Å²) < 4.78 is 5.26. The second-order valence-corrected chi connectivity index (χ2v) is 9.36. The van der Waals surface area contributed by atoms with E-state index in [1.54, 1.807) is 7.11 Å². The zero-order chi connectivity index (χ0) is 22.6. The Morgan fingerprint density at radius 3 is 2.39 bits per heavy atom. The number of aromatic nitrogens is 2. The minimum absolute atomic E-state index is 0.300. The molecular formula is C26H35N5O2. The number of benzene rings is 1. The average Bonchev–Trinajstić information content (AvgIpc) is 3.29. The molecule has 2 fully saturated rings. The molecule has 2 aromatic heterocycles. The van der Waals surface area contributed by atoms with E-state index in [9.17, 15) is 5.11 Å². The van der Waals surface area contributed by atoms with E-state index < -0.39 is 0 Å². The van der Waals surface area contributed by atoms with E-state index in [0.29, 0.717) is 5.92 Å². The highest BCUT2D eigenvalue weighted by Gasteiger charge is 2.25. The van der Waals surface area contributed by atoms with Crippen molar-refractivity contribution in [1.29, 1.82) is 0 Å². The molecule has 2 aliphatic rings. The quantitative estimate of drug-likeness (QED) is 0.578. The summed E-state index contributed by atoms with van der Waals surface area (Å²) >= 11 is 0. The van der Waals surface area contributed by atoms with E-state index in [0.717, 1.165) is 76.6 Å². The Morgan fingerprint density at radius 2 is 1.70 bits per heavy atom. The van der Waals surface area contributed by atoms with E-state index in [4.69, 9.17) is 4.74 Å². The summed E-state index contributed by atoms with van der Waals surface area (Å²) in [6, 6.07) is 12.5. The number of nitrogens with one attached hydrogen (secondary N) is 1. The number of hydrogen-bond donors (Lipinski definition) is 2. The number of likely N-dealkylation sites (tertiary alicyclic amines) is 1. The van der Waals surface area contributed by atoms with Crippen molar-refractivity contribution >= 4 is 16.7 Å². The third-order valence-corrected chi connectivity index (χ3v) is 7.26. The molecule has 7 heteroatoms. The van der Waals surface area contributed by atoms with Gasteiger partial charge < -0.3 is 24.6 Å². The zero-order valence-corrected chi connectivity index (χ0v) is 19.5. The van der Waals surface area contributed by atoms with Gasteiger partial charge in [-0.3, -0.25) is 4.90 Å². The van der Waals surface area contributed by atoms with Crippen LogP contribution in [0.15, 0.2) is 48.8 Å². The molecule has 0 bridgehead atoms. The second kappa shape index (κ2) is 10.1. The standard InChI is InChI=1S/C26H35N5O2/c1-33-23-6-4-21(5-7-23)31-15-13-30(14-16-31)19-22(32)18-29-11-8-20(9-12-29)25-17-28-26-24(25)3-2-10-27-26/h2-7,10,17,20,22,32H,8-9,11-16,18-19H2,1H3,(H,27,28)/t22-/m1/s1. The van der Waals surface area contributed by atoms with Crippen LogP contribution < -0.4 is 9.64 Å². The van der Waals surface area contributed by atoms with Gasteiger partial charge in [-0.1, -0.05) is 0 Å². The molecule has 2 saturated heterocycles. The summed E-state index contributed by atoms with van der Waals surface area (Å²) in [6.45, 7) is 7.55. The molecule has 7 nitrogen and oxygen atoms in total. The van der Waals surface area contributed by atoms with Gasteiger partial charge in [0.05, 0.1) is 13.2 Å². The van der Waals surface area contributed by atoms with Gasteiger partial charge >= 0.3 is 0 Å². The molecule has 0 aliphatic carbocycles. The molecule has 1 aromatic carbocycles. The van der Waals surface area contributed by atoms with Crippen molar-refractivity contribution in [2.45, 2.75) is 24.9 Å². The fourth-order valence-electron chi connectivity index (χ4n) is 5.38. The third-order valence-electron chi connectivity index (χ3n) is 7.26. The highest BCUT2D eigenvalue weighted by Crippen LogP contribution is 2.32. The lowest BCUT2D eigenvalue weighted by Crippen LogP contribution is -2.50. The fourth-order valence-corrected chi connectivity index (χ4v) is 5.38. The number of pyridine rings is 1. The van der Waals surface area contributed by atoms with Gasteiger partial charge in [0.15, 0.2) is 0 Å². The molecule has 4 heterocycles. The number of anilines is 1. The minimum atomic E-state index is -0.300. The number of aromatic amines is 1. The van der Waals surface area contributed by atoms with E-state index in [1.165, 1.54) is 16.6 Å². The van der Waals surface area contributed by atoms with Crippen molar-refractivity contribution in [2.24, 2.45) is 0 Å². The molecule has 1 atom stereocenters. The van der Waals surface area contributed by atoms with Crippen LogP contribution in [-0.2, 0) is 0 Å². The number of piperazine rings is 1. The van der Waals surface area contributed by atoms with Crippen LogP contribution in [0.5, 0.6) is 5.75 Å². The molecule has 0 unspecified atom stereocenters. The van der Waals surface area contributed by atoms with Crippen molar-refractivity contribution in [3.8, 4) is 5.75 Å². The number of β-amino-alcohol motifs (C(OH)–C–C–N with tert-alkyl or cyclic N) is 1. The number of aliphatic hydroxyl groups is 1. The monoisotopic (exact) mass is 449 g/mol. The maximum Gasteiger partial charge on any atom is 0.137 e. The van der Waals surface area contributed by atoms with Crippen LogP contribution in [-0.4, -0.2) is 90.4 Å². The van der Waals surface area contributed by atoms with Crippen molar-refractivity contribution in [2.75, 3.05) is 64.4 Å². The van der Waals surface area contributed by atoms with E-state index in [1.807, 2.05) is 24.4 Å². The van der Waals surface area contributed by atoms with Crippen LogP contribution in [0, 0.1) is 0 Å². The smallest absolute Gasteiger partial charge is 0.137 e. The number of ether oxygens (including phenoxy) is 1. The maximum absolute atomic E-state index is 10.8. The first-order chi connectivity index (χ1) is 16.2. The van der Waals surface area contributed by atoms with Gasteiger partial charge in [0, 0.05) is 62.7 Å². The van der Waals surface area contributed by atoms with Crippen molar-refractivity contribution < 1.29 is 9.84 Å². The topological polar surface area (TPSA) is 67.9 Å².